The molecule has 7 heteroatoms. The van der Waals surface area contributed by atoms with Crippen molar-refractivity contribution in [2.45, 2.75) is 0 Å². The molecule has 92 valence electrons. The minimum absolute atomic E-state index is 0.0309. The van der Waals surface area contributed by atoms with Gasteiger partial charge in [0.05, 0.1) is 5.02 Å². The number of carbonyl (C=O) groups is 1. The van der Waals surface area contributed by atoms with Crippen LogP contribution in [0, 0.1) is 0 Å². The van der Waals surface area contributed by atoms with Crippen molar-refractivity contribution in [1.82, 2.24) is 9.97 Å². The molecule has 2 rings (SSSR count). The van der Waals surface area contributed by atoms with Crippen molar-refractivity contribution >= 4 is 40.8 Å². The van der Waals surface area contributed by atoms with Crippen LogP contribution in [-0.2, 0) is 0 Å². The fraction of sp³-hybridized carbons (Fsp3) is 0. The van der Waals surface area contributed by atoms with E-state index in [1.165, 1.54) is 6.07 Å². The van der Waals surface area contributed by atoms with E-state index in [0.717, 1.165) is 6.07 Å². The van der Waals surface area contributed by atoms with Gasteiger partial charge < -0.3 is 5.11 Å². The fourth-order valence-electron chi connectivity index (χ4n) is 1.32. The highest BCUT2D eigenvalue weighted by Gasteiger charge is 2.13. The number of hydrogen-bond acceptors (Lipinski definition) is 3. The van der Waals surface area contributed by atoms with Crippen molar-refractivity contribution in [3.8, 4) is 11.4 Å². The first-order chi connectivity index (χ1) is 8.47. The number of halogens is 3. The first-order valence-electron chi connectivity index (χ1n) is 4.70. The SMILES string of the molecule is O=C(O)c1cc(Cl)nc(-c2ccc(Cl)cc2Cl)n1. The van der Waals surface area contributed by atoms with Crippen LogP contribution in [0.1, 0.15) is 10.5 Å². The Hall–Kier alpha value is -1.36. The average molecular weight is 304 g/mol. The second-order valence-corrected chi connectivity index (χ2v) is 4.56. The fourth-order valence-corrected chi connectivity index (χ4v) is 1.99. The molecular weight excluding hydrogens is 298 g/mol. The van der Waals surface area contributed by atoms with Crippen molar-refractivity contribution in [2.24, 2.45) is 0 Å². The van der Waals surface area contributed by atoms with E-state index < -0.39 is 5.97 Å². The molecule has 0 amide bonds. The molecule has 4 nitrogen and oxygen atoms in total. The Morgan fingerprint density at radius 2 is 1.83 bits per heavy atom. The zero-order valence-electron chi connectivity index (χ0n) is 8.69. The van der Waals surface area contributed by atoms with Gasteiger partial charge >= 0.3 is 5.97 Å². The second kappa shape index (κ2) is 5.10. The van der Waals surface area contributed by atoms with Crippen LogP contribution >= 0.6 is 34.8 Å². The molecule has 0 bridgehead atoms. The second-order valence-electron chi connectivity index (χ2n) is 3.33. The minimum atomic E-state index is -1.19. The van der Waals surface area contributed by atoms with Gasteiger partial charge in [0.15, 0.2) is 11.5 Å². The molecule has 0 radical (unpaired) electrons. The van der Waals surface area contributed by atoms with Crippen LogP contribution in [0.25, 0.3) is 11.4 Å². The van der Waals surface area contributed by atoms with Crippen LogP contribution in [0.2, 0.25) is 15.2 Å². The van der Waals surface area contributed by atoms with Gasteiger partial charge in [-0.15, -0.1) is 0 Å². The Morgan fingerprint density at radius 1 is 1.11 bits per heavy atom. The zero-order chi connectivity index (χ0) is 13.3. The van der Waals surface area contributed by atoms with Gasteiger partial charge in [-0.25, -0.2) is 14.8 Å². The van der Waals surface area contributed by atoms with Gasteiger partial charge in [-0.3, -0.25) is 0 Å². The van der Waals surface area contributed by atoms with E-state index in [-0.39, 0.29) is 16.7 Å². The molecule has 0 unspecified atom stereocenters. The van der Waals surface area contributed by atoms with Crippen LogP contribution in [0.5, 0.6) is 0 Å². The summed E-state index contributed by atoms with van der Waals surface area (Å²) in [7, 11) is 0. The summed E-state index contributed by atoms with van der Waals surface area (Å²) in [5.74, 6) is -1.05. The quantitative estimate of drug-likeness (QED) is 0.857. The number of aromatic nitrogens is 2. The van der Waals surface area contributed by atoms with Crippen LogP contribution in [0.3, 0.4) is 0 Å². The van der Waals surface area contributed by atoms with E-state index >= 15 is 0 Å². The van der Waals surface area contributed by atoms with Crippen LogP contribution in [0.15, 0.2) is 24.3 Å². The predicted octanol–water partition coefficient (Wildman–Crippen LogP) is 3.80. The molecule has 0 aliphatic carbocycles. The van der Waals surface area contributed by atoms with Crippen LogP contribution in [0.4, 0.5) is 0 Å². The van der Waals surface area contributed by atoms with E-state index in [4.69, 9.17) is 39.9 Å². The van der Waals surface area contributed by atoms with Crippen molar-refractivity contribution in [1.29, 1.82) is 0 Å². The van der Waals surface area contributed by atoms with Crippen molar-refractivity contribution < 1.29 is 9.90 Å². The number of carboxylic acid groups (broad SMARTS) is 1. The summed E-state index contributed by atoms with van der Waals surface area (Å²) < 4.78 is 0. The van der Waals surface area contributed by atoms with Crippen LogP contribution in [-0.4, -0.2) is 21.0 Å². The molecular formula is C11H5Cl3N2O2. The number of aromatic carboxylic acids is 1. The largest absolute Gasteiger partial charge is 0.477 e. The van der Waals surface area contributed by atoms with E-state index in [1.54, 1.807) is 12.1 Å². The Labute approximate surface area is 117 Å². The molecule has 0 spiro atoms. The van der Waals surface area contributed by atoms with Gasteiger partial charge in [0.25, 0.3) is 0 Å². The van der Waals surface area contributed by atoms with Gasteiger partial charge in [0.1, 0.15) is 5.15 Å². The third-order valence-electron chi connectivity index (χ3n) is 2.09. The Bertz CT molecular complexity index is 632. The summed E-state index contributed by atoms with van der Waals surface area (Å²) >= 11 is 17.5. The Balaban J connectivity index is 2.60. The van der Waals surface area contributed by atoms with Gasteiger partial charge in [0, 0.05) is 16.7 Å². The smallest absolute Gasteiger partial charge is 0.354 e. The number of hydrogen-bond donors (Lipinski definition) is 1. The predicted molar refractivity (Wildman–Crippen MR) is 69.5 cm³/mol. The molecule has 1 aromatic carbocycles. The minimum Gasteiger partial charge on any atom is -0.477 e. The van der Waals surface area contributed by atoms with Gasteiger partial charge in [-0.2, -0.15) is 0 Å². The summed E-state index contributed by atoms with van der Waals surface area (Å²) in [6.07, 6.45) is 0. The average Bonchev–Trinajstić information content (AvgIpc) is 2.27. The van der Waals surface area contributed by atoms with Crippen molar-refractivity contribution in [2.75, 3.05) is 0 Å². The monoisotopic (exact) mass is 302 g/mol. The maximum Gasteiger partial charge on any atom is 0.354 e. The molecule has 1 N–H and O–H groups in total. The normalized spacial score (nSPS) is 10.4. The van der Waals surface area contributed by atoms with Gasteiger partial charge in [0.2, 0.25) is 0 Å². The molecule has 0 saturated carbocycles. The third kappa shape index (κ3) is 2.72. The van der Waals surface area contributed by atoms with E-state index in [9.17, 15) is 4.79 Å². The topological polar surface area (TPSA) is 63.1 Å². The molecule has 1 heterocycles. The molecule has 0 aliphatic heterocycles. The molecule has 0 aliphatic rings. The summed E-state index contributed by atoms with van der Waals surface area (Å²) in [6.45, 7) is 0. The zero-order valence-corrected chi connectivity index (χ0v) is 11.0. The van der Waals surface area contributed by atoms with Gasteiger partial charge in [-0.1, -0.05) is 34.8 Å². The molecule has 2 aromatic rings. The summed E-state index contributed by atoms with van der Waals surface area (Å²) in [5.41, 5.74) is 0.266. The number of rotatable bonds is 2. The lowest BCUT2D eigenvalue weighted by molar-refractivity contribution is 0.0690. The Kier molecular flexibility index (Phi) is 3.71. The number of carboxylic acids is 1. The number of nitrogens with zero attached hydrogens (tertiary/aromatic N) is 2. The molecule has 18 heavy (non-hydrogen) atoms. The van der Waals surface area contributed by atoms with Crippen molar-refractivity contribution in [3.63, 3.8) is 0 Å². The summed E-state index contributed by atoms with van der Waals surface area (Å²) in [4.78, 5) is 18.7. The standard InChI is InChI=1S/C11H5Cl3N2O2/c12-5-1-2-6(7(13)3-5)10-15-8(11(17)18)4-9(14)16-10/h1-4H,(H,17,18). The Morgan fingerprint density at radius 3 is 2.44 bits per heavy atom. The maximum absolute atomic E-state index is 10.9. The lowest BCUT2D eigenvalue weighted by Gasteiger charge is -2.05. The van der Waals surface area contributed by atoms with Crippen LogP contribution < -0.4 is 0 Å². The first kappa shape index (κ1) is 13.1. The highest BCUT2D eigenvalue weighted by atomic mass is 35.5. The maximum atomic E-state index is 10.9. The summed E-state index contributed by atoms with van der Waals surface area (Å²) in [5, 5.41) is 9.70. The van der Waals surface area contributed by atoms with E-state index in [2.05, 4.69) is 9.97 Å². The highest BCUT2D eigenvalue weighted by Crippen LogP contribution is 2.28. The van der Waals surface area contributed by atoms with E-state index in [1.807, 2.05) is 0 Å². The lowest BCUT2D eigenvalue weighted by Crippen LogP contribution is -2.03. The summed E-state index contributed by atoms with van der Waals surface area (Å²) in [6, 6.07) is 5.88. The number of benzene rings is 1. The lowest BCUT2D eigenvalue weighted by atomic mass is 10.2. The molecule has 1 aromatic heterocycles. The van der Waals surface area contributed by atoms with E-state index in [0.29, 0.717) is 15.6 Å². The van der Waals surface area contributed by atoms with Crippen molar-refractivity contribution in [3.05, 3.63) is 45.2 Å². The molecule has 0 fully saturated rings. The van der Waals surface area contributed by atoms with Gasteiger partial charge in [-0.05, 0) is 18.2 Å². The third-order valence-corrected chi connectivity index (χ3v) is 2.83. The molecule has 0 saturated heterocycles. The highest BCUT2D eigenvalue weighted by molar-refractivity contribution is 6.36. The first-order valence-corrected chi connectivity index (χ1v) is 5.84. The molecule has 0 atom stereocenters.